The van der Waals surface area contributed by atoms with Crippen LogP contribution >= 0.6 is 0 Å². The highest BCUT2D eigenvalue weighted by molar-refractivity contribution is 5.79. The highest BCUT2D eigenvalue weighted by Crippen LogP contribution is 2.24. The third-order valence-electron chi connectivity index (χ3n) is 5.18. The van der Waals surface area contributed by atoms with Crippen molar-refractivity contribution in [2.75, 3.05) is 46.0 Å². The molecule has 1 aromatic carbocycles. The normalized spacial score (nSPS) is 24.1. The van der Waals surface area contributed by atoms with E-state index in [1.54, 1.807) is 6.20 Å². The van der Waals surface area contributed by atoms with E-state index in [-0.39, 0.29) is 5.91 Å². The van der Waals surface area contributed by atoms with Crippen LogP contribution in [0.4, 0.5) is 0 Å². The highest BCUT2D eigenvalue weighted by Gasteiger charge is 2.41. The van der Waals surface area contributed by atoms with Crippen LogP contribution in [0.2, 0.25) is 0 Å². The first kappa shape index (κ1) is 18.2. The van der Waals surface area contributed by atoms with Gasteiger partial charge in [0.05, 0.1) is 32.8 Å². The number of nitrogens with zero attached hydrogens (tertiary/aromatic N) is 3. The van der Waals surface area contributed by atoms with E-state index in [1.807, 2.05) is 41.3 Å². The lowest BCUT2D eigenvalue weighted by Crippen LogP contribution is -2.60. The minimum absolute atomic E-state index is 0.147. The van der Waals surface area contributed by atoms with Crippen LogP contribution < -0.4 is 0 Å². The molecule has 1 N–H and O–H groups in total. The second-order valence-electron chi connectivity index (χ2n) is 7.35. The van der Waals surface area contributed by atoms with E-state index in [2.05, 4.69) is 15.1 Å². The number of aromatic nitrogens is 2. The van der Waals surface area contributed by atoms with Crippen molar-refractivity contribution >= 4 is 5.91 Å². The summed E-state index contributed by atoms with van der Waals surface area (Å²) in [6.07, 6.45) is 2.19. The van der Waals surface area contributed by atoms with Crippen LogP contribution in [0.5, 0.6) is 0 Å². The maximum absolute atomic E-state index is 12.8. The number of carbonyl (C=O) groups excluding carboxylic acids is 1. The molecule has 3 heterocycles. The zero-order valence-corrected chi connectivity index (χ0v) is 15.5. The molecule has 1 aromatic heterocycles. The Labute approximate surface area is 159 Å². The number of benzene rings is 1. The average molecular weight is 370 g/mol. The molecule has 144 valence electrons. The molecule has 0 saturated carbocycles. The smallest absolute Gasteiger partial charge is 0.227 e. The van der Waals surface area contributed by atoms with Gasteiger partial charge in [0.2, 0.25) is 5.91 Å². The minimum Gasteiger partial charge on any atom is -0.377 e. The van der Waals surface area contributed by atoms with Gasteiger partial charge in [-0.05, 0) is 11.6 Å². The number of carbonyl (C=O) groups is 1. The minimum atomic E-state index is -0.471. The Bertz CT molecular complexity index is 737. The summed E-state index contributed by atoms with van der Waals surface area (Å²) in [5, 5.41) is 7.04. The number of aromatic amines is 1. The molecule has 2 saturated heterocycles. The lowest BCUT2D eigenvalue weighted by molar-refractivity contribution is -0.161. The first-order valence-electron chi connectivity index (χ1n) is 9.46. The summed E-state index contributed by atoms with van der Waals surface area (Å²) in [6, 6.07) is 11.9. The van der Waals surface area contributed by atoms with E-state index < -0.39 is 5.60 Å². The molecule has 2 fully saturated rings. The van der Waals surface area contributed by atoms with Crippen LogP contribution in [0.25, 0.3) is 0 Å². The number of hydrogen-bond donors (Lipinski definition) is 1. The van der Waals surface area contributed by atoms with Crippen LogP contribution in [0.1, 0.15) is 11.3 Å². The van der Waals surface area contributed by atoms with Gasteiger partial charge in [0.15, 0.2) is 0 Å². The predicted molar refractivity (Wildman–Crippen MR) is 100 cm³/mol. The fourth-order valence-corrected chi connectivity index (χ4v) is 3.86. The van der Waals surface area contributed by atoms with Gasteiger partial charge in [-0.15, -0.1) is 0 Å². The van der Waals surface area contributed by atoms with Gasteiger partial charge in [-0.1, -0.05) is 30.3 Å². The van der Waals surface area contributed by atoms with Crippen molar-refractivity contribution in [1.82, 2.24) is 20.0 Å². The van der Waals surface area contributed by atoms with Crippen LogP contribution in [-0.2, 0) is 27.2 Å². The van der Waals surface area contributed by atoms with Crippen molar-refractivity contribution in [2.24, 2.45) is 0 Å². The summed E-state index contributed by atoms with van der Waals surface area (Å²) in [4.78, 5) is 17.1. The van der Waals surface area contributed by atoms with Crippen molar-refractivity contribution in [3.8, 4) is 0 Å². The maximum Gasteiger partial charge on any atom is 0.227 e. The van der Waals surface area contributed by atoms with E-state index in [1.165, 1.54) is 0 Å². The van der Waals surface area contributed by atoms with Gasteiger partial charge < -0.3 is 14.4 Å². The van der Waals surface area contributed by atoms with Gasteiger partial charge in [0.1, 0.15) is 5.60 Å². The van der Waals surface area contributed by atoms with E-state index in [4.69, 9.17) is 9.47 Å². The van der Waals surface area contributed by atoms with Gasteiger partial charge in [-0.3, -0.25) is 14.8 Å². The van der Waals surface area contributed by atoms with Gasteiger partial charge >= 0.3 is 0 Å². The number of morpholine rings is 1. The average Bonchev–Trinajstić information content (AvgIpc) is 3.12. The third-order valence-corrected chi connectivity index (χ3v) is 5.18. The first-order valence-corrected chi connectivity index (χ1v) is 9.46. The zero-order chi connectivity index (χ0) is 18.5. The summed E-state index contributed by atoms with van der Waals surface area (Å²) in [7, 11) is 0. The van der Waals surface area contributed by atoms with Crippen molar-refractivity contribution in [1.29, 1.82) is 0 Å². The summed E-state index contributed by atoms with van der Waals surface area (Å²) < 4.78 is 12.0. The van der Waals surface area contributed by atoms with Gasteiger partial charge in [-0.25, -0.2) is 0 Å². The fraction of sp³-hybridized carbons (Fsp3) is 0.500. The molecule has 4 rings (SSSR count). The molecule has 0 aliphatic carbocycles. The topological polar surface area (TPSA) is 70.7 Å². The summed E-state index contributed by atoms with van der Waals surface area (Å²) in [5.41, 5.74) is 1.64. The van der Waals surface area contributed by atoms with Crippen LogP contribution in [0, 0.1) is 0 Å². The summed E-state index contributed by atoms with van der Waals surface area (Å²) in [5.74, 6) is 0.147. The first-order chi connectivity index (χ1) is 13.2. The van der Waals surface area contributed by atoms with E-state index in [9.17, 15) is 4.79 Å². The van der Waals surface area contributed by atoms with Crippen LogP contribution in [-0.4, -0.2) is 77.5 Å². The SMILES string of the molecule is O=C(Cc1ccccc1)N1CCOC2(COCCN(Cc3ccn[nH]3)C2)C1. The van der Waals surface area contributed by atoms with Gasteiger partial charge in [0.25, 0.3) is 0 Å². The maximum atomic E-state index is 12.8. The van der Waals surface area contributed by atoms with Crippen LogP contribution in [0.15, 0.2) is 42.6 Å². The second kappa shape index (κ2) is 8.21. The molecule has 2 aromatic rings. The van der Waals surface area contributed by atoms with Gasteiger partial charge in [0, 0.05) is 38.1 Å². The number of H-pyrrole nitrogens is 1. The van der Waals surface area contributed by atoms with E-state index in [0.717, 1.165) is 30.9 Å². The fourth-order valence-electron chi connectivity index (χ4n) is 3.86. The summed E-state index contributed by atoms with van der Waals surface area (Å²) in [6.45, 7) is 5.27. The molecule has 1 amide bonds. The molecular weight excluding hydrogens is 344 g/mol. The third kappa shape index (κ3) is 4.55. The number of ether oxygens (including phenoxy) is 2. The molecular formula is C20H26N4O3. The zero-order valence-electron chi connectivity index (χ0n) is 15.5. The number of hydrogen-bond acceptors (Lipinski definition) is 5. The largest absolute Gasteiger partial charge is 0.377 e. The molecule has 1 unspecified atom stereocenters. The Morgan fingerprint density at radius 3 is 2.85 bits per heavy atom. The lowest BCUT2D eigenvalue weighted by Gasteiger charge is -2.43. The quantitative estimate of drug-likeness (QED) is 0.872. The van der Waals surface area contributed by atoms with Crippen molar-refractivity contribution in [2.45, 2.75) is 18.6 Å². The Morgan fingerprint density at radius 2 is 2.04 bits per heavy atom. The number of amides is 1. The van der Waals surface area contributed by atoms with Crippen molar-refractivity contribution in [3.05, 3.63) is 53.9 Å². The highest BCUT2D eigenvalue weighted by atomic mass is 16.5. The molecule has 2 aliphatic heterocycles. The second-order valence-corrected chi connectivity index (χ2v) is 7.35. The molecule has 0 bridgehead atoms. The number of nitrogens with one attached hydrogen (secondary N) is 1. The van der Waals surface area contributed by atoms with Gasteiger partial charge in [-0.2, -0.15) is 5.10 Å². The molecule has 7 heteroatoms. The van der Waals surface area contributed by atoms with Crippen LogP contribution in [0.3, 0.4) is 0 Å². The predicted octanol–water partition coefficient (Wildman–Crippen LogP) is 1.08. The molecule has 7 nitrogen and oxygen atoms in total. The Hall–Kier alpha value is -2.22. The molecule has 0 radical (unpaired) electrons. The van der Waals surface area contributed by atoms with Crippen molar-refractivity contribution < 1.29 is 14.3 Å². The molecule has 2 aliphatic rings. The Balaban J connectivity index is 1.42. The molecule has 27 heavy (non-hydrogen) atoms. The molecule has 1 atom stereocenters. The lowest BCUT2D eigenvalue weighted by atomic mass is 10.0. The van der Waals surface area contributed by atoms with Crippen molar-refractivity contribution in [3.63, 3.8) is 0 Å². The monoisotopic (exact) mass is 370 g/mol. The standard InChI is InChI=1S/C20H26N4O3/c25-19(12-17-4-2-1-3-5-17)24-9-11-27-20(15-24)14-23(8-10-26-16-20)13-18-6-7-21-22-18/h1-7H,8-16H2,(H,21,22). The Morgan fingerprint density at radius 1 is 1.15 bits per heavy atom. The molecule has 1 spiro atoms. The number of rotatable bonds is 4. The van der Waals surface area contributed by atoms with E-state index in [0.29, 0.717) is 39.3 Å². The summed E-state index contributed by atoms with van der Waals surface area (Å²) >= 11 is 0. The van der Waals surface area contributed by atoms with E-state index >= 15 is 0 Å². The Kier molecular flexibility index (Phi) is 5.52.